The third-order valence-corrected chi connectivity index (χ3v) is 5.85. The van der Waals surface area contributed by atoms with Crippen LogP contribution in [0.2, 0.25) is 0 Å². The summed E-state index contributed by atoms with van der Waals surface area (Å²) in [6, 6.07) is 0.352. The summed E-state index contributed by atoms with van der Waals surface area (Å²) < 4.78 is 22.9. The van der Waals surface area contributed by atoms with E-state index in [1.165, 1.54) is 0 Å². The third-order valence-electron chi connectivity index (χ3n) is 3.02. The predicted octanol–water partition coefficient (Wildman–Crippen LogP) is 1.03. The minimum atomic E-state index is -2.84. The van der Waals surface area contributed by atoms with E-state index in [4.69, 9.17) is 0 Å². The fourth-order valence-electron chi connectivity index (χ4n) is 2.06. The van der Waals surface area contributed by atoms with Gasteiger partial charge in [0.1, 0.15) is 0 Å². The highest BCUT2D eigenvalue weighted by molar-refractivity contribution is 8.13. The monoisotopic (exact) mass is 262 g/mol. The molecule has 2 unspecified atom stereocenters. The van der Waals surface area contributed by atoms with E-state index >= 15 is 0 Å². The molecule has 1 saturated heterocycles. The molecule has 0 amide bonds. The molecule has 1 N–H and O–H groups in total. The number of nitrogens with zero attached hydrogens (tertiary/aromatic N) is 1. The molecule has 2 aliphatic heterocycles. The molecule has 0 aromatic heterocycles. The van der Waals surface area contributed by atoms with E-state index in [0.717, 1.165) is 17.3 Å². The van der Waals surface area contributed by atoms with Crippen molar-refractivity contribution < 1.29 is 8.42 Å². The quantitative estimate of drug-likeness (QED) is 0.767. The lowest BCUT2D eigenvalue weighted by atomic mass is 10.0. The van der Waals surface area contributed by atoms with E-state index in [1.54, 1.807) is 11.8 Å². The average molecular weight is 262 g/mol. The summed E-state index contributed by atoms with van der Waals surface area (Å²) in [6.45, 7) is 4.06. The van der Waals surface area contributed by atoms with Crippen LogP contribution in [0.25, 0.3) is 0 Å². The topological polar surface area (TPSA) is 58.5 Å². The van der Waals surface area contributed by atoms with Crippen LogP contribution in [0.3, 0.4) is 0 Å². The van der Waals surface area contributed by atoms with Crippen LogP contribution in [0.15, 0.2) is 4.99 Å². The van der Waals surface area contributed by atoms with Crippen LogP contribution < -0.4 is 5.32 Å². The Balaban J connectivity index is 2.05. The van der Waals surface area contributed by atoms with Gasteiger partial charge >= 0.3 is 0 Å². The summed E-state index contributed by atoms with van der Waals surface area (Å²) in [5, 5.41) is 4.23. The molecule has 0 spiro atoms. The Morgan fingerprint density at radius 1 is 1.56 bits per heavy atom. The van der Waals surface area contributed by atoms with Crippen molar-refractivity contribution >= 4 is 26.8 Å². The molecular weight excluding hydrogens is 244 g/mol. The summed E-state index contributed by atoms with van der Waals surface area (Å²) >= 11 is 1.70. The second kappa shape index (κ2) is 4.22. The lowest BCUT2D eigenvalue weighted by molar-refractivity contribution is 0.472. The summed E-state index contributed by atoms with van der Waals surface area (Å²) in [4.78, 5) is 4.51. The summed E-state index contributed by atoms with van der Waals surface area (Å²) in [5.41, 5.74) is -0.318. The second-order valence-electron chi connectivity index (χ2n) is 4.95. The fraction of sp³-hybridized carbons (Fsp3) is 0.900. The zero-order valence-corrected chi connectivity index (χ0v) is 11.3. The first-order chi connectivity index (χ1) is 7.39. The van der Waals surface area contributed by atoms with Gasteiger partial charge in [-0.25, -0.2) is 8.42 Å². The number of nitrogens with one attached hydrogen (secondary N) is 1. The maximum Gasteiger partial charge on any atom is 0.157 e. The molecule has 0 bridgehead atoms. The molecular formula is C10H18N2O2S2. The van der Waals surface area contributed by atoms with Gasteiger partial charge in [0.15, 0.2) is 15.0 Å². The van der Waals surface area contributed by atoms with Crippen LogP contribution in [0.4, 0.5) is 0 Å². The molecule has 16 heavy (non-hydrogen) atoms. The van der Waals surface area contributed by atoms with Crippen molar-refractivity contribution in [1.29, 1.82) is 0 Å². The molecule has 4 nitrogen and oxygen atoms in total. The Bertz CT molecular complexity index is 405. The van der Waals surface area contributed by atoms with Crippen molar-refractivity contribution in [3.63, 3.8) is 0 Å². The van der Waals surface area contributed by atoms with Crippen LogP contribution >= 0.6 is 11.8 Å². The first kappa shape index (κ1) is 12.2. The van der Waals surface area contributed by atoms with Gasteiger partial charge in [0.25, 0.3) is 0 Å². The molecule has 0 saturated carbocycles. The number of rotatable bonds is 1. The van der Waals surface area contributed by atoms with Gasteiger partial charge in [-0.05, 0) is 26.7 Å². The number of amidine groups is 1. The van der Waals surface area contributed by atoms with Crippen molar-refractivity contribution in [2.75, 3.05) is 17.3 Å². The summed E-state index contributed by atoms with van der Waals surface area (Å²) in [5.74, 6) is 1.59. The maximum atomic E-state index is 11.5. The number of aliphatic imine (C=N–C) groups is 1. The number of hydrogen-bond donors (Lipinski definition) is 1. The van der Waals surface area contributed by atoms with Crippen LogP contribution in [0, 0.1) is 0 Å². The number of hydrogen-bond acceptors (Lipinski definition) is 5. The minimum absolute atomic E-state index is 0.230. The minimum Gasteiger partial charge on any atom is -0.359 e. The average Bonchev–Trinajstić information content (AvgIpc) is 2.40. The molecule has 0 radical (unpaired) electrons. The van der Waals surface area contributed by atoms with Crippen LogP contribution in [0.1, 0.15) is 26.7 Å². The van der Waals surface area contributed by atoms with Gasteiger partial charge in [0.2, 0.25) is 0 Å². The smallest absolute Gasteiger partial charge is 0.157 e. The third kappa shape index (κ3) is 2.91. The van der Waals surface area contributed by atoms with E-state index in [9.17, 15) is 8.42 Å². The van der Waals surface area contributed by atoms with Crippen LogP contribution in [-0.4, -0.2) is 42.4 Å². The van der Waals surface area contributed by atoms with Gasteiger partial charge in [0.05, 0.1) is 23.1 Å². The fourth-order valence-corrected chi connectivity index (χ4v) is 5.38. The second-order valence-corrected chi connectivity index (χ2v) is 8.22. The number of sulfone groups is 1. The largest absolute Gasteiger partial charge is 0.359 e. The molecule has 2 rings (SSSR count). The Labute approximate surface area is 101 Å². The molecule has 1 fully saturated rings. The van der Waals surface area contributed by atoms with E-state index in [0.29, 0.717) is 18.2 Å². The maximum absolute atomic E-state index is 11.5. The first-order valence-corrected chi connectivity index (χ1v) is 8.38. The van der Waals surface area contributed by atoms with Crippen molar-refractivity contribution in [3.05, 3.63) is 0 Å². The van der Waals surface area contributed by atoms with Crippen LogP contribution in [0.5, 0.6) is 0 Å². The van der Waals surface area contributed by atoms with Crippen molar-refractivity contribution in [3.8, 4) is 0 Å². The van der Waals surface area contributed by atoms with E-state index in [2.05, 4.69) is 17.2 Å². The summed E-state index contributed by atoms with van der Waals surface area (Å²) in [6.07, 6.45) is 1.79. The zero-order chi connectivity index (χ0) is 11.8. The highest BCUT2D eigenvalue weighted by atomic mass is 32.2. The molecule has 0 aromatic rings. The number of thioether (sulfide) groups is 1. The molecule has 2 aliphatic rings. The molecule has 0 aliphatic carbocycles. The highest BCUT2D eigenvalue weighted by Crippen LogP contribution is 2.25. The van der Waals surface area contributed by atoms with Gasteiger partial charge in [0, 0.05) is 5.75 Å². The highest BCUT2D eigenvalue weighted by Gasteiger charge is 2.39. The molecule has 92 valence electrons. The van der Waals surface area contributed by atoms with Crippen molar-refractivity contribution in [1.82, 2.24) is 5.32 Å². The Morgan fingerprint density at radius 2 is 2.31 bits per heavy atom. The van der Waals surface area contributed by atoms with E-state index < -0.39 is 9.84 Å². The lowest BCUT2D eigenvalue weighted by Crippen LogP contribution is -2.46. The van der Waals surface area contributed by atoms with Gasteiger partial charge < -0.3 is 5.32 Å². The van der Waals surface area contributed by atoms with E-state index in [1.807, 2.05) is 6.92 Å². The predicted molar refractivity (Wildman–Crippen MR) is 68.8 cm³/mol. The normalized spacial score (nSPS) is 38.1. The van der Waals surface area contributed by atoms with E-state index in [-0.39, 0.29) is 11.3 Å². The first-order valence-electron chi connectivity index (χ1n) is 5.58. The van der Waals surface area contributed by atoms with Gasteiger partial charge in [-0.2, -0.15) is 0 Å². The Kier molecular flexibility index (Phi) is 3.22. The molecule has 6 heteroatoms. The molecule has 2 atom stereocenters. The Morgan fingerprint density at radius 3 is 2.88 bits per heavy atom. The standard InChI is InChI=1S/C10H18N2O2S2/c1-8-3-5-15-9(11-8)12-10(2)4-6-16(13,14)7-10/h8H,3-7H2,1-2H3,(H,11,12). The lowest BCUT2D eigenvalue weighted by Gasteiger charge is -2.28. The molecule has 0 aromatic carbocycles. The van der Waals surface area contributed by atoms with Gasteiger partial charge in [-0.3, -0.25) is 4.99 Å². The van der Waals surface area contributed by atoms with Crippen molar-refractivity contribution in [2.24, 2.45) is 4.99 Å². The molecule has 2 heterocycles. The SMILES string of the molecule is CC1CCSC(NC2(C)CCS(=O)(=O)C2)=N1. The zero-order valence-electron chi connectivity index (χ0n) is 9.69. The van der Waals surface area contributed by atoms with Gasteiger partial charge in [-0.15, -0.1) is 0 Å². The van der Waals surface area contributed by atoms with Gasteiger partial charge in [-0.1, -0.05) is 11.8 Å². The van der Waals surface area contributed by atoms with Crippen LogP contribution in [-0.2, 0) is 9.84 Å². The van der Waals surface area contributed by atoms with Crippen molar-refractivity contribution in [2.45, 2.75) is 38.3 Å². The summed E-state index contributed by atoms with van der Waals surface area (Å²) in [7, 11) is -2.84. The Hall–Kier alpha value is -0.230.